The van der Waals surface area contributed by atoms with Crippen molar-refractivity contribution in [2.45, 2.75) is 33.6 Å². The summed E-state index contributed by atoms with van der Waals surface area (Å²) >= 11 is 0. The first kappa shape index (κ1) is 17.9. The number of aryl methyl sites for hydroxylation is 3. The average Bonchev–Trinajstić information content (AvgIpc) is 2.57. The number of ether oxygens (including phenoxy) is 1. The van der Waals surface area contributed by atoms with Crippen LogP contribution in [0.2, 0.25) is 0 Å². The standard InChI is InChI=1S/C20H26N2O2/c1-4-17-11-5-6-12-18(17)22-20(23)21-13-8-14-24-19-15(2)9-7-10-16(19)3/h5-7,9-12H,4,8,13-14H2,1-3H3,(H2,21,22,23). The summed E-state index contributed by atoms with van der Waals surface area (Å²) in [4.78, 5) is 12.0. The van der Waals surface area contributed by atoms with Crippen molar-refractivity contribution in [3.63, 3.8) is 0 Å². The molecule has 0 fully saturated rings. The van der Waals surface area contributed by atoms with Gasteiger partial charge in [0.05, 0.1) is 6.61 Å². The number of urea groups is 1. The number of carbonyl (C=O) groups excluding carboxylic acids is 1. The number of benzene rings is 2. The van der Waals surface area contributed by atoms with E-state index in [1.807, 2.05) is 56.3 Å². The first-order valence-corrected chi connectivity index (χ1v) is 8.43. The largest absolute Gasteiger partial charge is 0.493 e. The van der Waals surface area contributed by atoms with Crippen LogP contribution in [0.1, 0.15) is 30.0 Å². The van der Waals surface area contributed by atoms with Crippen LogP contribution in [0, 0.1) is 13.8 Å². The normalized spacial score (nSPS) is 10.3. The number of hydrogen-bond donors (Lipinski definition) is 2. The summed E-state index contributed by atoms with van der Waals surface area (Å²) in [6.45, 7) is 7.31. The molecule has 4 nitrogen and oxygen atoms in total. The molecule has 2 N–H and O–H groups in total. The molecule has 2 aromatic carbocycles. The number of amides is 2. The zero-order valence-corrected chi connectivity index (χ0v) is 14.7. The van der Waals surface area contributed by atoms with Gasteiger partial charge in [0.1, 0.15) is 5.75 Å². The Bertz CT molecular complexity index is 663. The van der Waals surface area contributed by atoms with Crippen LogP contribution in [0.4, 0.5) is 10.5 Å². The lowest BCUT2D eigenvalue weighted by Crippen LogP contribution is -2.30. The zero-order chi connectivity index (χ0) is 17.4. The van der Waals surface area contributed by atoms with Gasteiger partial charge in [-0.2, -0.15) is 0 Å². The minimum absolute atomic E-state index is 0.178. The molecule has 0 aliphatic carbocycles. The Labute approximate surface area is 144 Å². The fraction of sp³-hybridized carbons (Fsp3) is 0.350. The lowest BCUT2D eigenvalue weighted by molar-refractivity contribution is 0.250. The van der Waals surface area contributed by atoms with E-state index in [2.05, 4.69) is 17.6 Å². The van der Waals surface area contributed by atoms with Crippen molar-refractivity contribution in [1.82, 2.24) is 5.32 Å². The van der Waals surface area contributed by atoms with E-state index in [-0.39, 0.29) is 6.03 Å². The highest BCUT2D eigenvalue weighted by Crippen LogP contribution is 2.22. The van der Waals surface area contributed by atoms with Gasteiger partial charge in [-0.25, -0.2) is 4.79 Å². The van der Waals surface area contributed by atoms with Gasteiger partial charge in [-0.05, 0) is 49.4 Å². The summed E-state index contributed by atoms with van der Waals surface area (Å²) in [5.74, 6) is 0.943. The van der Waals surface area contributed by atoms with Gasteiger partial charge in [0, 0.05) is 12.2 Å². The molecule has 0 spiro atoms. The second-order valence-electron chi connectivity index (χ2n) is 5.81. The quantitative estimate of drug-likeness (QED) is 0.738. The second kappa shape index (κ2) is 8.96. The smallest absolute Gasteiger partial charge is 0.319 e. The number of anilines is 1. The van der Waals surface area contributed by atoms with Crippen molar-refractivity contribution < 1.29 is 9.53 Å². The van der Waals surface area contributed by atoms with Gasteiger partial charge in [0.25, 0.3) is 0 Å². The van der Waals surface area contributed by atoms with Crippen molar-refractivity contribution in [1.29, 1.82) is 0 Å². The number of rotatable bonds is 7. The molecule has 0 saturated heterocycles. The molecule has 0 aromatic heterocycles. The highest BCUT2D eigenvalue weighted by atomic mass is 16.5. The SMILES string of the molecule is CCc1ccccc1NC(=O)NCCCOc1c(C)cccc1C. The van der Waals surface area contributed by atoms with Crippen molar-refractivity contribution >= 4 is 11.7 Å². The molecule has 2 rings (SSSR count). The molecule has 24 heavy (non-hydrogen) atoms. The topological polar surface area (TPSA) is 50.4 Å². The van der Waals surface area contributed by atoms with Crippen LogP contribution >= 0.6 is 0 Å². The monoisotopic (exact) mass is 326 g/mol. The Hall–Kier alpha value is -2.49. The lowest BCUT2D eigenvalue weighted by atomic mass is 10.1. The van der Waals surface area contributed by atoms with Crippen molar-refractivity contribution in [2.75, 3.05) is 18.5 Å². The molecule has 2 aromatic rings. The van der Waals surface area contributed by atoms with E-state index in [9.17, 15) is 4.79 Å². The number of nitrogens with one attached hydrogen (secondary N) is 2. The Morgan fingerprint density at radius 2 is 1.75 bits per heavy atom. The highest BCUT2D eigenvalue weighted by molar-refractivity contribution is 5.90. The summed E-state index contributed by atoms with van der Waals surface area (Å²) < 4.78 is 5.83. The van der Waals surface area contributed by atoms with Gasteiger partial charge >= 0.3 is 6.03 Å². The highest BCUT2D eigenvalue weighted by Gasteiger charge is 2.05. The van der Waals surface area contributed by atoms with Crippen molar-refractivity contribution in [2.24, 2.45) is 0 Å². The van der Waals surface area contributed by atoms with Gasteiger partial charge < -0.3 is 15.4 Å². The Morgan fingerprint density at radius 3 is 2.46 bits per heavy atom. The minimum Gasteiger partial charge on any atom is -0.493 e. The van der Waals surface area contributed by atoms with E-state index in [0.717, 1.165) is 41.0 Å². The maximum Gasteiger partial charge on any atom is 0.319 e. The predicted molar refractivity (Wildman–Crippen MR) is 98.9 cm³/mol. The maximum absolute atomic E-state index is 12.0. The maximum atomic E-state index is 12.0. The average molecular weight is 326 g/mol. The summed E-state index contributed by atoms with van der Waals surface area (Å²) in [6, 6.07) is 13.8. The van der Waals surface area contributed by atoms with E-state index < -0.39 is 0 Å². The van der Waals surface area contributed by atoms with E-state index in [1.165, 1.54) is 0 Å². The molecule has 0 heterocycles. The summed E-state index contributed by atoms with van der Waals surface area (Å²) in [5.41, 5.74) is 4.27. The Morgan fingerprint density at radius 1 is 1.04 bits per heavy atom. The van der Waals surface area contributed by atoms with Crippen molar-refractivity contribution in [3.8, 4) is 5.75 Å². The molecule has 0 aliphatic rings. The molecule has 4 heteroatoms. The summed E-state index contributed by atoms with van der Waals surface area (Å²) in [6.07, 6.45) is 1.65. The van der Waals surface area contributed by atoms with Gasteiger partial charge in [0.2, 0.25) is 0 Å². The molecule has 0 atom stereocenters. The first-order valence-electron chi connectivity index (χ1n) is 8.43. The van der Waals surface area contributed by atoms with E-state index in [0.29, 0.717) is 13.2 Å². The minimum atomic E-state index is -0.178. The fourth-order valence-corrected chi connectivity index (χ4v) is 2.59. The summed E-state index contributed by atoms with van der Waals surface area (Å²) in [7, 11) is 0. The van der Waals surface area contributed by atoms with Gasteiger partial charge in [-0.15, -0.1) is 0 Å². The second-order valence-corrected chi connectivity index (χ2v) is 5.81. The van der Waals surface area contributed by atoms with Crippen LogP contribution in [-0.2, 0) is 6.42 Å². The van der Waals surface area contributed by atoms with E-state index >= 15 is 0 Å². The molecule has 0 bridgehead atoms. The molecule has 0 saturated carbocycles. The van der Waals surface area contributed by atoms with Gasteiger partial charge in [0.15, 0.2) is 0 Å². The number of carbonyl (C=O) groups is 1. The third kappa shape index (κ3) is 5.01. The molecule has 2 amide bonds. The number of para-hydroxylation sites is 2. The molecule has 0 aliphatic heterocycles. The lowest BCUT2D eigenvalue weighted by Gasteiger charge is -2.13. The fourth-order valence-electron chi connectivity index (χ4n) is 2.59. The third-order valence-corrected chi connectivity index (χ3v) is 3.91. The van der Waals surface area contributed by atoms with Crippen LogP contribution in [0.3, 0.4) is 0 Å². The van der Waals surface area contributed by atoms with Crippen LogP contribution in [-0.4, -0.2) is 19.2 Å². The van der Waals surface area contributed by atoms with E-state index in [4.69, 9.17) is 4.74 Å². The van der Waals surface area contributed by atoms with Crippen LogP contribution in [0.25, 0.3) is 0 Å². The molecular weight excluding hydrogens is 300 g/mol. The molecule has 128 valence electrons. The van der Waals surface area contributed by atoms with Crippen LogP contribution in [0.15, 0.2) is 42.5 Å². The van der Waals surface area contributed by atoms with Crippen LogP contribution < -0.4 is 15.4 Å². The Kier molecular flexibility index (Phi) is 6.67. The number of hydrogen-bond acceptors (Lipinski definition) is 2. The molecule has 0 radical (unpaired) electrons. The first-order chi connectivity index (χ1) is 11.6. The third-order valence-electron chi connectivity index (χ3n) is 3.91. The van der Waals surface area contributed by atoms with Crippen LogP contribution in [0.5, 0.6) is 5.75 Å². The van der Waals surface area contributed by atoms with Gasteiger partial charge in [-0.1, -0.05) is 43.3 Å². The van der Waals surface area contributed by atoms with E-state index in [1.54, 1.807) is 0 Å². The van der Waals surface area contributed by atoms with Gasteiger partial charge in [-0.3, -0.25) is 0 Å². The molecule has 0 unspecified atom stereocenters. The summed E-state index contributed by atoms with van der Waals surface area (Å²) in [5, 5.41) is 5.77. The predicted octanol–water partition coefficient (Wildman–Crippen LogP) is 4.46. The van der Waals surface area contributed by atoms with Crippen molar-refractivity contribution in [3.05, 3.63) is 59.2 Å². The zero-order valence-electron chi connectivity index (χ0n) is 14.7. The molecular formula is C20H26N2O2. The Balaban J connectivity index is 1.71.